The maximum absolute atomic E-state index is 11.4. The fourth-order valence-corrected chi connectivity index (χ4v) is 3.76. The van der Waals surface area contributed by atoms with Crippen LogP contribution in [0.15, 0.2) is 107 Å². The summed E-state index contributed by atoms with van der Waals surface area (Å²) in [6.45, 7) is 0. The Balaban J connectivity index is 1.37. The zero-order chi connectivity index (χ0) is 23.9. The standard InChI is InChI=1S/C28H24N2O4/c31-27(32)23-5-1-3-7-25(23)29-21-15-11-19(12-16-21)9-10-20-13-17-22(18-14-20)30-26-8-4-2-6-24(26)28(33)34/h1-8,11-18,23-24H,9-10H2,(H,31,32)(H,33,34). The molecule has 2 aromatic rings. The summed E-state index contributed by atoms with van der Waals surface area (Å²) >= 11 is 0. The summed E-state index contributed by atoms with van der Waals surface area (Å²) in [7, 11) is 0. The highest BCUT2D eigenvalue weighted by atomic mass is 16.4. The first-order chi connectivity index (χ1) is 16.5. The Morgan fingerprint density at radius 3 is 1.35 bits per heavy atom. The molecule has 0 fully saturated rings. The van der Waals surface area contributed by atoms with Gasteiger partial charge < -0.3 is 10.2 Å². The monoisotopic (exact) mass is 452 g/mol. The van der Waals surface area contributed by atoms with E-state index in [0.717, 1.165) is 35.3 Å². The van der Waals surface area contributed by atoms with Crippen molar-refractivity contribution in [1.82, 2.24) is 0 Å². The molecule has 0 saturated heterocycles. The number of hydrogen-bond donors (Lipinski definition) is 2. The van der Waals surface area contributed by atoms with Crippen molar-refractivity contribution in [3.05, 3.63) is 108 Å². The number of carboxylic acid groups (broad SMARTS) is 2. The molecule has 6 nitrogen and oxygen atoms in total. The van der Waals surface area contributed by atoms with Gasteiger partial charge in [0.2, 0.25) is 0 Å². The second kappa shape index (κ2) is 10.5. The molecule has 170 valence electrons. The number of aryl methyl sites for hydroxylation is 2. The third-order valence-corrected chi connectivity index (χ3v) is 5.62. The van der Waals surface area contributed by atoms with Crippen LogP contribution in [0.5, 0.6) is 0 Å². The van der Waals surface area contributed by atoms with Crippen molar-refractivity contribution >= 4 is 34.7 Å². The van der Waals surface area contributed by atoms with Crippen LogP contribution < -0.4 is 0 Å². The van der Waals surface area contributed by atoms with Crippen molar-refractivity contribution in [1.29, 1.82) is 0 Å². The van der Waals surface area contributed by atoms with Crippen LogP contribution in [0, 0.1) is 11.8 Å². The molecule has 2 aliphatic carbocycles. The fourth-order valence-electron chi connectivity index (χ4n) is 3.76. The highest BCUT2D eigenvalue weighted by Crippen LogP contribution is 2.21. The number of aliphatic imine (C=N–C) groups is 2. The number of nitrogens with zero attached hydrogens (tertiary/aromatic N) is 2. The van der Waals surface area contributed by atoms with Crippen LogP contribution in [0.2, 0.25) is 0 Å². The molecule has 0 amide bonds. The summed E-state index contributed by atoms with van der Waals surface area (Å²) in [5.41, 5.74) is 4.79. The van der Waals surface area contributed by atoms with Gasteiger partial charge in [0.05, 0.1) is 22.8 Å². The Kier molecular flexibility index (Phi) is 7.08. The molecule has 2 aliphatic rings. The van der Waals surface area contributed by atoms with Crippen molar-refractivity contribution in [2.75, 3.05) is 0 Å². The quantitative estimate of drug-likeness (QED) is 0.598. The van der Waals surface area contributed by atoms with Crippen molar-refractivity contribution < 1.29 is 19.8 Å². The molecule has 34 heavy (non-hydrogen) atoms. The highest BCUT2D eigenvalue weighted by Gasteiger charge is 2.21. The molecule has 0 radical (unpaired) electrons. The lowest BCUT2D eigenvalue weighted by Gasteiger charge is -2.11. The summed E-state index contributed by atoms with van der Waals surface area (Å²) in [5, 5.41) is 18.7. The zero-order valence-corrected chi connectivity index (χ0v) is 18.4. The van der Waals surface area contributed by atoms with Crippen molar-refractivity contribution in [2.24, 2.45) is 21.8 Å². The molecular weight excluding hydrogens is 428 g/mol. The minimum absolute atomic E-state index is 0.515. The molecule has 0 heterocycles. The average molecular weight is 453 g/mol. The lowest BCUT2D eigenvalue weighted by atomic mass is 9.98. The van der Waals surface area contributed by atoms with E-state index in [0.29, 0.717) is 11.4 Å². The average Bonchev–Trinajstić information content (AvgIpc) is 2.85. The first-order valence-electron chi connectivity index (χ1n) is 11.0. The number of allylic oxidation sites excluding steroid dienone is 6. The van der Waals surface area contributed by atoms with Crippen LogP contribution in [0.3, 0.4) is 0 Å². The maximum Gasteiger partial charge on any atom is 0.316 e. The number of carboxylic acids is 2. The number of hydrogen-bond acceptors (Lipinski definition) is 4. The minimum atomic E-state index is -0.915. The van der Waals surface area contributed by atoms with E-state index in [4.69, 9.17) is 0 Å². The summed E-state index contributed by atoms with van der Waals surface area (Å²) in [6, 6.07) is 15.6. The lowest BCUT2D eigenvalue weighted by Crippen LogP contribution is -2.21. The molecule has 0 aliphatic heterocycles. The summed E-state index contributed by atoms with van der Waals surface area (Å²) in [6.07, 6.45) is 15.4. The van der Waals surface area contributed by atoms with Gasteiger partial charge in [-0.25, -0.2) is 0 Å². The minimum Gasteiger partial charge on any atom is -0.481 e. The zero-order valence-electron chi connectivity index (χ0n) is 18.4. The van der Waals surface area contributed by atoms with E-state index in [2.05, 4.69) is 9.98 Å². The molecular formula is C28H24N2O4. The molecule has 6 heteroatoms. The van der Waals surface area contributed by atoms with Gasteiger partial charge in [-0.1, -0.05) is 60.7 Å². The topological polar surface area (TPSA) is 99.3 Å². The molecule has 4 rings (SSSR count). The van der Waals surface area contributed by atoms with E-state index in [-0.39, 0.29) is 0 Å². The third-order valence-electron chi connectivity index (χ3n) is 5.62. The van der Waals surface area contributed by atoms with Gasteiger partial charge in [0, 0.05) is 0 Å². The van der Waals surface area contributed by atoms with Crippen LogP contribution in [0.25, 0.3) is 0 Å². The van der Waals surface area contributed by atoms with Crippen molar-refractivity contribution in [3.63, 3.8) is 0 Å². The summed E-state index contributed by atoms with van der Waals surface area (Å²) in [5.74, 6) is -3.28. The van der Waals surface area contributed by atoms with Gasteiger partial charge in [0.15, 0.2) is 0 Å². The van der Waals surface area contributed by atoms with Gasteiger partial charge in [-0.2, -0.15) is 0 Å². The molecule has 0 saturated carbocycles. The Morgan fingerprint density at radius 2 is 1.00 bits per heavy atom. The van der Waals surface area contributed by atoms with Gasteiger partial charge in [-0.15, -0.1) is 0 Å². The Bertz CT molecular complexity index is 1150. The van der Waals surface area contributed by atoms with Crippen LogP contribution in [0.4, 0.5) is 11.4 Å². The normalized spacial score (nSPS) is 21.3. The SMILES string of the molecule is O=C(O)C1C=CC=CC1=Nc1ccc(CCc2ccc(N=C3C=CC=CC3C(=O)O)cc2)cc1. The molecule has 0 aromatic heterocycles. The third kappa shape index (κ3) is 5.72. The van der Waals surface area contributed by atoms with Gasteiger partial charge in [0.1, 0.15) is 11.8 Å². The first-order valence-corrected chi connectivity index (χ1v) is 11.0. The largest absolute Gasteiger partial charge is 0.481 e. The molecule has 2 N–H and O–H groups in total. The molecule has 0 spiro atoms. The molecule has 2 unspecified atom stereocenters. The second-order valence-electron chi connectivity index (χ2n) is 8.03. The van der Waals surface area contributed by atoms with Gasteiger partial charge in [-0.3, -0.25) is 19.6 Å². The van der Waals surface area contributed by atoms with Crippen LogP contribution in [0.1, 0.15) is 11.1 Å². The Hall–Kier alpha value is -4.32. The Morgan fingerprint density at radius 1 is 0.618 bits per heavy atom. The van der Waals surface area contributed by atoms with Gasteiger partial charge >= 0.3 is 11.9 Å². The number of rotatable bonds is 7. The lowest BCUT2D eigenvalue weighted by molar-refractivity contribution is -0.139. The number of benzene rings is 2. The van der Waals surface area contributed by atoms with Crippen LogP contribution in [-0.2, 0) is 22.4 Å². The number of aliphatic carboxylic acids is 2. The second-order valence-corrected chi connectivity index (χ2v) is 8.03. The smallest absolute Gasteiger partial charge is 0.316 e. The van der Waals surface area contributed by atoms with E-state index >= 15 is 0 Å². The van der Waals surface area contributed by atoms with Crippen molar-refractivity contribution in [3.8, 4) is 0 Å². The van der Waals surface area contributed by atoms with Crippen molar-refractivity contribution in [2.45, 2.75) is 12.8 Å². The van der Waals surface area contributed by atoms with E-state index in [1.165, 1.54) is 0 Å². The molecule has 0 bridgehead atoms. The van der Waals surface area contributed by atoms with E-state index in [1.807, 2.05) is 48.5 Å². The molecule has 2 aromatic carbocycles. The summed E-state index contributed by atoms with van der Waals surface area (Å²) < 4.78 is 0. The fraction of sp³-hybridized carbons (Fsp3) is 0.143. The predicted octanol–water partition coefficient (Wildman–Crippen LogP) is 5.27. The maximum atomic E-state index is 11.4. The first kappa shape index (κ1) is 22.9. The van der Waals surface area contributed by atoms with Gasteiger partial charge in [0.25, 0.3) is 0 Å². The Labute approximate surface area is 197 Å². The van der Waals surface area contributed by atoms with Crippen LogP contribution >= 0.6 is 0 Å². The van der Waals surface area contributed by atoms with E-state index in [9.17, 15) is 19.8 Å². The summed E-state index contributed by atoms with van der Waals surface area (Å²) in [4.78, 5) is 31.8. The predicted molar refractivity (Wildman–Crippen MR) is 133 cm³/mol. The number of carbonyl (C=O) groups is 2. The van der Waals surface area contributed by atoms with Crippen LogP contribution in [-0.4, -0.2) is 33.6 Å². The van der Waals surface area contributed by atoms with Gasteiger partial charge in [-0.05, 0) is 60.4 Å². The van der Waals surface area contributed by atoms with E-state index < -0.39 is 23.8 Å². The highest BCUT2D eigenvalue weighted by molar-refractivity contribution is 6.12. The van der Waals surface area contributed by atoms with E-state index in [1.54, 1.807) is 48.6 Å². The molecule has 2 atom stereocenters.